The zero-order chi connectivity index (χ0) is 36.5. The standard InChI is InChI=1S/C22H27N3O4S.C6H11N3O2S.2CO2/c1-5-19-14-22(23-24(19)2)30(26,27)25(15-17-6-10-20(28-3)11-7-17)16-18-8-12-21(29-4)13-9-18;1-3-5-4-6(8-9(5)2)12(7,10)11;2*2-1-3/h6-14H,5,15-16H2,1-4H3;4H,3H2,1-2H3,(H2,7,10,11);;. The molecular weight excluding hydrogens is 668 g/mol. The first-order valence-electron chi connectivity index (χ1n) is 14.0. The van der Waals surface area contributed by atoms with Crippen LogP contribution in [-0.2, 0) is 79.3 Å². The number of carbonyl (C=O) groups excluding carboxylic acids is 4. The summed E-state index contributed by atoms with van der Waals surface area (Å²) in [4.78, 5) is 32.5. The molecule has 4 aromatic rings. The minimum absolute atomic E-state index is 0.0591. The third kappa shape index (κ3) is 12.3. The van der Waals surface area contributed by atoms with Crippen molar-refractivity contribution in [1.82, 2.24) is 23.9 Å². The Morgan fingerprint density at radius 2 is 1.02 bits per heavy atom. The molecule has 2 heterocycles. The van der Waals surface area contributed by atoms with Crippen molar-refractivity contribution in [3.63, 3.8) is 0 Å². The number of benzene rings is 2. The first kappa shape index (κ1) is 41.1. The van der Waals surface area contributed by atoms with Gasteiger partial charge in [-0.1, -0.05) is 38.1 Å². The van der Waals surface area contributed by atoms with Gasteiger partial charge in [-0.25, -0.2) is 22.0 Å². The Balaban J connectivity index is 0.000000528. The van der Waals surface area contributed by atoms with Gasteiger partial charge in [0.25, 0.3) is 20.0 Å². The van der Waals surface area contributed by atoms with E-state index in [2.05, 4.69) is 10.2 Å². The predicted molar refractivity (Wildman–Crippen MR) is 169 cm³/mol. The largest absolute Gasteiger partial charge is 0.497 e. The van der Waals surface area contributed by atoms with Crippen molar-refractivity contribution in [3.05, 3.63) is 83.2 Å². The van der Waals surface area contributed by atoms with Crippen LogP contribution in [-0.4, -0.2) is 67.2 Å². The normalized spacial score (nSPS) is 10.6. The molecule has 0 amide bonds. The first-order valence-corrected chi connectivity index (χ1v) is 17.0. The van der Waals surface area contributed by atoms with E-state index < -0.39 is 20.0 Å². The highest BCUT2D eigenvalue weighted by Gasteiger charge is 2.28. The maximum atomic E-state index is 13.5. The molecule has 0 spiro atoms. The van der Waals surface area contributed by atoms with Crippen LogP contribution in [0.5, 0.6) is 11.5 Å². The lowest BCUT2D eigenvalue weighted by atomic mass is 10.2. The van der Waals surface area contributed by atoms with E-state index in [4.69, 9.17) is 33.8 Å². The number of rotatable bonds is 11. The Hall–Kier alpha value is -4.96. The fourth-order valence-electron chi connectivity index (χ4n) is 4.11. The van der Waals surface area contributed by atoms with Gasteiger partial charge in [-0.05, 0) is 60.4 Å². The van der Waals surface area contributed by atoms with Crippen LogP contribution in [0.1, 0.15) is 36.4 Å². The summed E-state index contributed by atoms with van der Waals surface area (Å²) in [6.45, 7) is 4.33. The number of aryl methyl sites for hydroxylation is 4. The monoisotopic (exact) mass is 706 g/mol. The lowest BCUT2D eigenvalue weighted by Gasteiger charge is -2.21. The lowest BCUT2D eigenvalue weighted by molar-refractivity contribution is -0.193. The molecule has 0 bridgehead atoms. The number of nitrogens with zero attached hydrogens (tertiary/aromatic N) is 5. The van der Waals surface area contributed by atoms with Crippen molar-refractivity contribution < 1.29 is 45.5 Å². The fourth-order valence-corrected chi connectivity index (χ4v) is 6.06. The molecule has 0 fully saturated rings. The van der Waals surface area contributed by atoms with Crippen LogP contribution < -0.4 is 14.6 Å². The van der Waals surface area contributed by atoms with Gasteiger partial charge in [0.2, 0.25) is 0 Å². The number of hydrogen-bond donors (Lipinski definition) is 1. The van der Waals surface area contributed by atoms with Gasteiger partial charge in [-0.15, -0.1) is 0 Å². The summed E-state index contributed by atoms with van der Waals surface area (Å²) in [7, 11) is -0.803. The molecule has 0 saturated carbocycles. The van der Waals surface area contributed by atoms with Crippen molar-refractivity contribution in [2.75, 3.05) is 14.2 Å². The van der Waals surface area contributed by atoms with E-state index in [1.165, 1.54) is 15.1 Å². The number of hydrogen-bond acceptors (Lipinski definition) is 12. The summed E-state index contributed by atoms with van der Waals surface area (Å²) in [5.41, 5.74) is 3.43. The highest BCUT2D eigenvalue weighted by Crippen LogP contribution is 2.23. The number of methoxy groups -OCH3 is 2. The van der Waals surface area contributed by atoms with Crippen LogP contribution >= 0.6 is 0 Å². The van der Waals surface area contributed by atoms with Crippen molar-refractivity contribution in [1.29, 1.82) is 0 Å². The highest BCUT2D eigenvalue weighted by molar-refractivity contribution is 7.89. The molecule has 0 unspecified atom stereocenters. The average Bonchev–Trinajstić information content (AvgIpc) is 3.64. The zero-order valence-electron chi connectivity index (χ0n) is 27.3. The number of nitrogens with two attached hydrogens (primary N) is 1. The second kappa shape index (κ2) is 19.6. The molecule has 2 aromatic heterocycles. The quantitative estimate of drug-likeness (QED) is 0.236. The van der Waals surface area contributed by atoms with Crippen molar-refractivity contribution in [2.24, 2.45) is 19.2 Å². The van der Waals surface area contributed by atoms with Crippen LogP contribution in [0.3, 0.4) is 0 Å². The molecule has 0 aliphatic heterocycles. The molecule has 2 N–H and O–H groups in total. The van der Waals surface area contributed by atoms with E-state index in [1.807, 2.05) is 62.4 Å². The summed E-state index contributed by atoms with van der Waals surface area (Å²) in [5, 5.41) is 12.9. The summed E-state index contributed by atoms with van der Waals surface area (Å²) in [5.74, 6) is 1.45. The minimum atomic E-state index is -3.80. The van der Waals surface area contributed by atoms with Gasteiger partial charge in [0.15, 0.2) is 10.1 Å². The van der Waals surface area contributed by atoms with E-state index in [1.54, 1.807) is 39.1 Å². The SMILES string of the molecule is CCc1cc(S(=O)(=O)N(Cc2ccc(OC)cc2)Cc2ccc(OC)cc2)nn1C.CCc1cc(S(N)(=O)=O)nn1C.O=C=O.O=C=O. The van der Waals surface area contributed by atoms with Gasteiger partial charge >= 0.3 is 12.3 Å². The molecule has 4 rings (SSSR count). The number of ether oxygens (including phenoxy) is 2. The molecule has 0 atom stereocenters. The van der Waals surface area contributed by atoms with E-state index in [0.717, 1.165) is 40.4 Å². The van der Waals surface area contributed by atoms with Gasteiger partial charge < -0.3 is 9.47 Å². The minimum Gasteiger partial charge on any atom is -0.497 e. The number of sulfonamides is 2. The predicted octanol–water partition coefficient (Wildman–Crippen LogP) is 1.85. The van der Waals surface area contributed by atoms with Crippen LogP contribution in [0.4, 0.5) is 0 Å². The van der Waals surface area contributed by atoms with Gasteiger partial charge in [0.1, 0.15) is 11.5 Å². The lowest BCUT2D eigenvalue weighted by Crippen LogP contribution is -2.30. The van der Waals surface area contributed by atoms with E-state index in [0.29, 0.717) is 6.42 Å². The summed E-state index contributed by atoms with van der Waals surface area (Å²) in [6, 6.07) is 17.9. The number of primary sulfonamides is 1. The Labute approximate surface area is 279 Å². The van der Waals surface area contributed by atoms with Gasteiger partial charge in [0, 0.05) is 38.6 Å². The molecule has 48 heavy (non-hydrogen) atoms. The average molecular weight is 707 g/mol. The van der Waals surface area contributed by atoms with Gasteiger partial charge in [-0.3, -0.25) is 9.36 Å². The highest BCUT2D eigenvalue weighted by atomic mass is 32.2. The molecule has 260 valence electrons. The van der Waals surface area contributed by atoms with E-state index in [-0.39, 0.29) is 35.4 Å². The molecule has 16 nitrogen and oxygen atoms in total. The Morgan fingerprint density at radius 1 is 0.688 bits per heavy atom. The van der Waals surface area contributed by atoms with Gasteiger partial charge in [-0.2, -0.15) is 33.7 Å². The second-order valence-corrected chi connectivity index (χ2v) is 13.0. The van der Waals surface area contributed by atoms with Crippen LogP contribution in [0.2, 0.25) is 0 Å². The van der Waals surface area contributed by atoms with Crippen LogP contribution in [0.25, 0.3) is 0 Å². The van der Waals surface area contributed by atoms with Crippen molar-refractivity contribution in [2.45, 2.75) is 49.8 Å². The van der Waals surface area contributed by atoms with E-state index in [9.17, 15) is 16.8 Å². The topological polar surface area (TPSA) is 220 Å². The van der Waals surface area contributed by atoms with Crippen LogP contribution in [0.15, 0.2) is 70.7 Å². The fraction of sp³-hybridized carbons (Fsp3) is 0.333. The molecule has 0 radical (unpaired) electrons. The maximum absolute atomic E-state index is 13.5. The van der Waals surface area contributed by atoms with E-state index >= 15 is 0 Å². The maximum Gasteiger partial charge on any atom is 0.373 e. The first-order chi connectivity index (χ1) is 22.6. The third-order valence-corrected chi connectivity index (χ3v) is 9.01. The summed E-state index contributed by atoms with van der Waals surface area (Å²) in [6.07, 6.45) is 1.94. The smallest absolute Gasteiger partial charge is 0.373 e. The van der Waals surface area contributed by atoms with Crippen molar-refractivity contribution >= 4 is 32.3 Å². The molecular formula is C30H38N6O10S2. The zero-order valence-corrected chi connectivity index (χ0v) is 28.9. The van der Waals surface area contributed by atoms with Gasteiger partial charge in [0.05, 0.1) is 14.2 Å². The van der Waals surface area contributed by atoms with Crippen LogP contribution in [0, 0.1) is 0 Å². The molecule has 0 saturated heterocycles. The Bertz CT molecular complexity index is 1810. The summed E-state index contributed by atoms with van der Waals surface area (Å²) >= 11 is 0. The summed E-state index contributed by atoms with van der Waals surface area (Å²) < 4.78 is 63.5. The third-order valence-electron chi connectivity index (χ3n) is 6.56. The molecule has 0 aliphatic rings. The Kier molecular flexibility index (Phi) is 16.8. The molecule has 0 aliphatic carbocycles. The second-order valence-electron chi connectivity index (χ2n) is 9.58. The molecule has 18 heteroatoms. The molecule has 2 aromatic carbocycles. The Morgan fingerprint density at radius 3 is 1.29 bits per heavy atom. The number of aromatic nitrogens is 4. The van der Waals surface area contributed by atoms with Crippen molar-refractivity contribution in [3.8, 4) is 11.5 Å².